The third-order valence-corrected chi connectivity index (χ3v) is 2.58. The molecule has 0 aliphatic carbocycles. The number of aromatic nitrogens is 2. The summed E-state index contributed by atoms with van der Waals surface area (Å²) in [5.74, 6) is 1.20. The number of benzene rings is 1. The van der Waals surface area contributed by atoms with E-state index in [1.807, 2.05) is 30.3 Å². The highest BCUT2D eigenvalue weighted by molar-refractivity contribution is 5.85. The summed E-state index contributed by atoms with van der Waals surface area (Å²) in [7, 11) is 0. The van der Waals surface area contributed by atoms with E-state index in [1.54, 1.807) is 24.5 Å². The second-order valence-corrected chi connectivity index (χ2v) is 3.86. The van der Waals surface area contributed by atoms with Crippen molar-refractivity contribution in [2.45, 2.75) is 0 Å². The summed E-state index contributed by atoms with van der Waals surface area (Å²) in [5, 5.41) is 0.948. The highest BCUT2D eigenvalue weighted by Crippen LogP contribution is 2.28. The summed E-state index contributed by atoms with van der Waals surface area (Å²) >= 11 is 0. The topological polar surface area (TPSA) is 61.0 Å². The molecule has 0 saturated heterocycles. The Labute approximate surface area is 104 Å². The molecule has 0 saturated carbocycles. The van der Waals surface area contributed by atoms with Gasteiger partial charge in [-0.2, -0.15) is 0 Å². The molecule has 0 aliphatic rings. The molecule has 0 spiro atoms. The van der Waals surface area contributed by atoms with Gasteiger partial charge in [0.05, 0.1) is 5.52 Å². The lowest BCUT2D eigenvalue weighted by Gasteiger charge is -2.07. The molecule has 2 N–H and O–H groups in total. The molecule has 2 aromatic heterocycles. The van der Waals surface area contributed by atoms with Crippen LogP contribution in [0.5, 0.6) is 11.6 Å². The Hall–Kier alpha value is -2.62. The van der Waals surface area contributed by atoms with Gasteiger partial charge in [-0.25, -0.2) is 4.98 Å². The molecule has 3 rings (SSSR count). The van der Waals surface area contributed by atoms with Gasteiger partial charge in [-0.3, -0.25) is 4.98 Å². The number of hydrogen-bond donors (Lipinski definition) is 1. The molecule has 88 valence electrons. The maximum atomic E-state index is 5.74. The molecule has 0 atom stereocenters. The van der Waals surface area contributed by atoms with Crippen LogP contribution in [0.3, 0.4) is 0 Å². The van der Waals surface area contributed by atoms with E-state index < -0.39 is 0 Å². The Morgan fingerprint density at radius 2 is 1.89 bits per heavy atom. The maximum Gasteiger partial charge on any atom is 0.221 e. The smallest absolute Gasteiger partial charge is 0.221 e. The van der Waals surface area contributed by atoms with Gasteiger partial charge in [0, 0.05) is 29.5 Å². The predicted octanol–water partition coefficient (Wildman–Crippen LogP) is 3.00. The highest BCUT2D eigenvalue weighted by Gasteiger charge is 2.04. The number of fused-ring (bicyclic) bond motifs is 1. The van der Waals surface area contributed by atoms with Crippen molar-refractivity contribution >= 4 is 16.6 Å². The average Bonchev–Trinajstić information content (AvgIpc) is 2.39. The second-order valence-electron chi connectivity index (χ2n) is 3.86. The zero-order valence-electron chi connectivity index (χ0n) is 9.58. The molecule has 18 heavy (non-hydrogen) atoms. The molecule has 4 nitrogen and oxygen atoms in total. The Morgan fingerprint density at radius 3 is 2.78 bits per heavy atom. The maximum absolute atomic E-state index is 5.74. The van der Waals surface area contributed by atoms with Crippen molar-refractivity contribution in [3.05, 3.63) is 54.9 Å². The monoisotopic (exact) mass is 237 g/mol. The lowest BCUT2D eigenvalue weighted by Crippen LogP contribution is -1.91. The minimum absolute atomic E-state index is 0.478. The van der Waals surface area contributed by atoms with Gasteiger partial charge in [-0.05, 0) is 30.3 Å². The quantitative estimate of drug-likeness (QED) is 0.744. The van der Waals surface area contributed by atoms with Gasteiger partial charge in [0.25, 0.3) is 0 Å². The summed E-state index contributed by atoms with van der Waals surface area (Å²) < 4.78 is 5.74. The van der Waals surface area contributed by atoms with E-state index in [4.69, 9.17) is 10.5 Å². The summed E-state index contributed by atoms with van der Waals surface area (Å²) in [6.45, 7) is 0. The van der Waals surface area contributed by atoms with Crippen molar-refractivity contribution in [1.29, 1.82) is 0 Å². The molecule has 0 radical (unpaired) electrons. The van der Waals surface area contributed by atoms with Crippen molar-refractivity contribution in [3.63, 3.8) is 0 Å². The Morgan fingerprint density at radius 1 is 0.944 bits per heavy atom. The first-order chi connectivity index (χ1) is 8.83. The predicted molar refractivity (Wildman–Crippen MR) is 70.5 cm³/mol. The minimum atomic E-state index is 0.478. The number of nitrogens with zero attached hydrogens (tertiary/aromatic N) is 2. The van der Waals surface area contributed by atoms with Gasteiger partial charge < -0.3 is 10.5 Å². The first-order valence-corrected chi connectivity index (χ1v) is 5.56. The van der Waals surface area contributed by atoms with Crippen LogP contribution in [-0.4, -0.2) is 9.97 Å². The molecule has 0 amide bonds. The molecular formula is C14H11N3O. The average molecular weight is 237 g/mol. The third kappa shape index (κ3) is 1.96. The van der Waals surface area contributed by atoms with Crippen LogP contribution in [0.15, 0.2) is 54.9 Å². The van der Waals surface area contributed by atoms with Crippen LogP contribution >= 0.6 is 0 Å². The number of nitrogens with two attached hydrogens (primary N) is 1. The fourth-order valence-electron chi connectivity index (χ4n) is 1.76. The highest BCUT2D eigenvalue weighted by atomic mass is 16.5. The normalized spacial score (nSPS) is 10.4. The van der Waals surface area contributed by atoms with Crippen LogP contribution in [0.4, 0.5) is 5.69 Å². The Bertz CT molecular complexity index is 692. The molecule has 4 heteroatoms. The zero-order valence-corrected chi connectivity index (χ0v) is 9.58. The zero-order chi connectivity index (χ0) is 12.4. The van der Waals surface area contributed by atoms with Gasteiger partial charge in [0.15, 0.2) is 0 Å². The largest absolute Gasteiger partial charge is 0.438 e. The van der Waals surface area contributed by atoms with E-state index in [0.717, 1.165) is 16.7 Å². The first-order valence-electron chi connectivity index (χ1n) is 5.56. The first kappa shape index (κ1) is 10.5. The van der Waals surface area contributed by atoms with Gasteiger partial charge >= 0.3 is 0 Å². The fourth-order valence-corrected chi connectivity index (χ4v) is 1.76. The number of anilines is 1. The lowest BCUT2D eigenvalue weighted by atomic mass is 10.2. The van der Waals surface area contributed by atoms with Gasteiger partial charge in [-0.15, -0.1) is 0 Å². The van der Waals surface area contributed by atoms with E-state index in [0.29, 0.717) is 11.6 Å². The van der Waals surface area contributed by atoms with E-state index in [-0.39, 0.29) is 0 Å². The minimum Gasteiger partial charge on any atom is -0.438 e. The second kappa shape index (κ2) is 4.33. The van der Waals surface area contributed by atoms with Crippen LogP contribution < -0.4 is 10.5 Å². The van der Waals surface area contributed by atoms with Crippen molar-refractivity contribution in [2.24, 2.45) is 0 Å². The number of ether oxygens (including phenoxy) is 1. The summed E-state index contributed by atoms with van der Waals surface area (Å²) in [6, 6.07) is 13.0. The van der Waals surface area contributed by atoms with Gasteiger partial charge in [0.1, 0.15) is 5.75 Å². The van der Waals surface area contributed by atoms with Crippen molar-refractivity contribution in [3.8, 4) is 11.6 Å². The summed E-state index contributed by atoms with van der Waals surface area (Å²) in [6.07, 6.45) is 3.37. The van der Waals surface area contributed by atoms with Crippen molar-refractivity contribution in [1.82, 2.24) is 9.97 Å². The van der Waals surface area contributed by atoms with Crippen LogP contribution in [0.25, 0.3) is 10.9 Å². The fraction of sp³-hybridized carbons (Fsp3) is 0. The van der Waals surface area contributed by atoms with Crippen LogP contribution in [0.2, 0.25) is 0 Å². The summed E-state index contributed by atoms with van der Waals surface area (Å²) in [5.41, 5.74) is 7.20. The molecule has 3 aromatic rings. The van der Waals surface area contributed by atoms with E-state index in [9.17, 15) is 0 Å². The number of hydrogen-bond acceptors (Lipinski definition) is 4. The van der Waals surface area contributed by atoms with E-state index in [2.05, 4.69) is 9.97 Å². The molecule has 2 heterocycles. The van der Waals surface area contributed by atoms with E-state index >= 15 is 0 Å². The molecule has 0 fully saturated rings. The number of nitrogen functional groups attached to an aromatic ring is 1. The van der Waals surface area contributed by atoms with E-state index in [1.165, 1.54) is 0 Å². The van der Waals surface area contributed by atoms with Crippen LogP contribution in [0, 0.1) is 0 Å². The summed E-state index contributed by atoms with van der Waals surface area (Å²) in [4.78, 5) is 8.39. The molecule has 1 aromatic carbocycles. The van der Waals surface area contributed by atoms with Crippen molar-refractivity contribution < 1.29 is 4.74 Å². The molecule has 0 unspecified atom stereocenters. The Kier molecular flexibility index (Phi) is 2.53. The molecule has 0 bridgehead atoms. The number of pyridine rings is 2. The Balaban J connectivity index is 2.05. The van der Waals surface area contributed by atoms with Gasteiger partial charge in [-0.1, -0.05) is 6.07 Å². The molecule has 0 aliphatic heterocycles. The SMILES string of the molecule is Nc1ccnc(Oc2cccc3ncccc23)c1. The van der Waals surface area contributed by atoms with Gasteiger partial charge in [0.2, 0.25) is 5.88 Å². The van der Waals surface area contributed by atoms with Crippen LogP contribution in [-0.2, 0) is 0 Å². The standard InChI is InChI=1S/C14H11N3O/c15-10-6-8-17-14(9-10)18-13-5-1-4-12-11(13)3-2-7-16-12/h1-9H,(H2,15,17). The number of rotatable bonds is 2. The van der Waals surface area contributed by atoms with Crippen molar-refractivity contribution in [2.75, 3.05) is 5.73 Å². The molecular weight excluding hydrogens is 226 g/mol. The third-order valence-electron chi connectivity index (χ3n) is 2.58. The lowest BCUT2D eigenvalue weighted by molar-refractivity contribution is 0.468. The van der Waals surface area contributed by atoms with Crippen LogP contribution in [0.1, 0.15) is 0 Å².